The fraction of sp³-hybridized carbons (Fsp3) is 0.636. The summed E-state index contributed by atoms with van der Waals surface area (Å²) in [4.78, 5) is 15.8. The van der Waals surface area contributed by atoms with Crippen LogP contribution in [0.1, 0.15) is 24.4 Å². The Morgan fingerprint density at radius 1 is 1.60 bits per heavy atom. The average molecular weight is 208 g/mol. The zero-order valence-corrected chi connectivity index (χ0v) is 9.19. The van der Waals surface area contributed by atoms with Gasteiger partial charge in [0.05, 0.1) is 13.0 Å². The van der Waals surface area contributed by atoms with Gasteiger partial charge in [0.1, 0.15) is 5.82 Å². The lowest BCUT2D eigenvalue weighted by molar-refractivity contribution is -0.145. The Labute approximate surface area is 89.3 Å². The van der Waals surface area contributed by atoms with E-state index in [0.29, 0.717) is 0 Å². The van der Waals surface area contributed by atoms with Gasteiger partial charge in [0.25, 0.3) is 0 Å². The molecule has 4 heteroatoms. The number of carbonyl (C=O) groups excluding carboxylic acids is 1. The van der Waals surface area contributed by atoms with Crippen molar-refractivity contribution in [1.29, 1.82) is 0 Å². The second-order valence-corrected chi connectivity index (χ2v) is 4.01. The predicted octanol–water partition coefficient (Wildman–Crippen LogP) is 1.32. The number of ether oxygens (including phenoxy) is 1. The molecule has 1 aliphatic rings. The third kappa shape index (κ3) is 1.89. The Kier molecular flexibility index (Phi) is 2.75. The van der Waals surface area contributed by atoms with Crippen molar-refractivity contribution in [3.05, 3.63) is 17.7 Å². The molecule has 2 heterocycles. The van der Waals surface area contributed by atoms with Gasteiger partial charge in [0.15, 0.2) is 0 Å². The van der Waals surface area contributed by atoms with Gasteiger partial charge in [-0.2, -0.15) is 0 Å². The van der Waals surface area contributed by atoms with Gasteiger partial charge in [-0.3, -0.25) is 4.79 Å². The van der Waals surface area contributed by atoms with E-state index in [-0.39, 0.29) is 11.9 Å². The molecule has 1 aliphatic heterocycles. The van der Waals surface area contributed by atoms with Crippen molar-refractivity contribution in [2.45, 2.75) is 32.7 Å². The fourth-order valence-electron chi connectivity index (χ4n) is 2.15. The molecule has 0 saturated heterocycles. The summed E-state index contributed by atoms with van der Waals surface area (Å²) in [5.41, 5.74) is 1.18. The van der Waals surface area contributed by atoms with Gasteiger partial charge in [-0.05, 0) is 19.8 Å². The molecular formula is C11H16N2O2. The molecule has 0 bridgehead atoms. The highest BCUT2D eigenvalue weighted by molar-refractivity contribution is 5.72. The van der Waals surface area contributed by atoms with Crippen LogP contribution in [0.2, 0.25) is 0 Å². The Morgan fingerprint density at radius 2 is 2.40 bits per heavy atom. The van der Waals surface area contributed by atoms with Gasteiger partial charge in [0.2, 0.25) is 0 Å². The average Bonchev–Trinajstić information content (AvgIpc) is 2.50. The summed E-state index contributed by atoms with van der Waals surface area (Å²) in [6.07, 6.45) is 4.47. The Hall–Kier alpha value is -1.32. The van der Waals surface area contributed by atoms with Crippen LogP contribution in [-0.2, 0) is 22.5 Å². The quantitative estimate of drug-likeness (QED) is 0.654. The van der Waals surface area contributed by atoms with Crippen molar-refractivity contribution in [1.82, 2.24) is 9.55 Å². The zero-order valence-electron chi connectivity index (χ0n) is 9.19. The molecule has 0 spiro atoms. The number of aryl methyl sites for hydroxylation is 2. The summed E-state index contributed by atoms with van der Waals surface area (Å²) >= 11 is 0. The molecule has 0 radical (unpaired) electrons. The molecule has 0 amide bonds. The number of carbonyl (C=O) groups is 1. The maximum atomic E-state index is 11.4. The summed E-state index contributed by atoms with van der Waals surface area (Å²) in [5, 5.41) is 0. The third-order valence-electron chi connectivity index (χ3n) is 3.09. The molecule has 0 saturated carbocycles. The Balaban J connectivity index is 2.12. The second-order valence-electron chi connectivity index (χ2n) is 4.01. The fourth-order valence-corrected chi connectivity index (χ4v) is 2.15. The molecule has 0 N–H and O–H groups in total. The summed E-state index contributed by atoms with van der Waals surface area (Å²) < 4.78 is 6.98. The second kappa shape index (κ2) is 4.04. The first-order valence-electron chi connectivity index (χ1n) is 5.31. The van der Waals surface area contributed by atoms with Gasteiger partial charge in [-0.15, -0.1) is 0 Å². The lowest BCUT2D eigenvalue weighted by Gasteiger charge is -2.10. The number of methoxy groups -OCH3 is 1. The summed E-state index contributed by atoms with van der Waals surface area (Å²) in [7, 11) is 1.46. The van der Waals surface area contributed by atoms with Crippen molar-refractivity contribution in [2.24, 2.45) is 5.92 Å². The normalized spacial score (nSPS) is 20.5. The molecule has 0 unspecified atom stereocenters. The first-order valence-corrected chi connectivity index (χ1v) is 5.31. The maximum absolute atomic E-state index is 11.4. The van der Waals surface area contributed by atoms with E-state index in [1.54, 1.807) is 0 Å². The van der Waals surface area contributed by atoms with Crippen LogP contribution in [0.15, 0.2) is 6.20 Å². The van der Waals surface area contributed by atoms with Gasteiger partial charge in [-0.25, -0.2) is 4.98 Å². The first kappa shape index (κ1) is 10.2. The Morgan fingerprint density at radius 3 is 3.13 bits per heavy atom. The molecule has 1 aromatic heterocycles. The largest absolute Gasteiger partial charge is 0.469 e. The molecule has 1 atom stereocenters. The number of hydrogen-bond acceptors (Lipinski definition) is 3. The van der Waals surface area contributed by atoms with E-state index in [4.69, 9.17) is 4.74 Å². The van der Waals surface area contributed by atoms with Gasteiger partial charge >= 0.3 is 5.97 Å². The minimum absolute atomic E-state index is 0.0381. The van der Waals surface area contributed by atoms with E-state index in [1.165, 1.54) is 12.8 Å². The summed E-state index contributed by atoms with van der Waals surface area (Å²) in [6, 6.07) is 0. The number of nitrogens with zero attached hydrogens (tertiary/aromatic N) is 2. The van der Waals surface area contributed by atoms with Crippen molar-refractivity contribution in [3.63, 3.8) is 0 Å². The van der Waals surface area contributed by atoms with E-state index in [0.717, 1.165) is 31.6 Å². The number of imidazole rings is 1. The van der Waals surface area contributed by atoms with Gasteiger partial charge in [-0.1, -0.05) is 0 Å². The molecule has 0 aliphatic carbocycles. The highest BCUT2D eigenvalue weighted by atomic mass is 16.5. The molecule has 0 fully saturated rings. The third-order valence-corrected chi connectivity index (χ3v) is 3.09. The molecule has 2 rings (SSSR count). The van der Waals surface area contributed by atoms with Crippen LogP contribution in [0.25, 0.3) is 0 Å². The highest BCUT2D eigenvalue weighted by Crippen LogP contribution is 2.21. The minimum Gasteiger partial charge on any atom is -0.469 e. The van der Waals surface area contributed by atoms with Gasteiger partial charge in [0, 0.05) is 24.9 Å². The predicted molar refractivity (Wildman–Crippen MR) is 55.4 cm³/mol. The van der Waals surface area contributed by atoms with Crippen LogP contribution in [0.3, 0.4) is 0 Å². The van der Waals surface area contributed by atoms with Crippen LogP contribution in [-0.4, -0.2) is 22.6 Å². The number of hydrogen-bond donors (Lipinski definition) is 0. The highest BCUT2D eigenvalue weighted by Gasteiger charge is 2.23. The molecule has 82 valence electrons. The molecule has 0 aromatic carbocycles. The van der Waals surface area contributed by atoms with E-state index in [9.17, 15) is 4.79 Å². The van der Waals surface area contributed by atoms with Crippen LogP contribution in [0.5, 0.6) is 0 Å². The van der Waals surface area contributed by atoms with Crippen molar-refractivity contribution in [2.75, 3.05) is 7.11 Å². The number of rotatable bonds is 1. The molecule has 15 heavy (non-hydrogen) atoms. The lowest BCUT2D eigenvalue weighted by atomic mass is 10.0. The summed E-state index contributed by atoms with van der Waals surface area (Å²) in [6.45, 7) is 2.93. The summed E-state index contributed by atoms with van der Waals surface area (Å²) in [5.74, 6) is 1.05. The van der Waals surface area contributed by atoms with Crippen LogP contribution in [0.4, 0.5) is 0 Å². The van der Waals surface area contributed by atoms with E-state index >= 15 is 0 Å². The minimum atomic E-state index is -0.0848. The van der Waals surface area contributed by atoms with Crippen molar-refractivity contribution in [3.8, 4) is 0 Å². The maximum Gasteiger partial charge on any atom is 0.308 e. The Bertz CT molecular complexity index is 371. The topological polar surface area (TPSA) is 44.1 Å². The molecule has 4 nitrogen and oxygen atoms in total. The first-order chi connectivity index (χ1) is 7.22. The molecule has 1 aromatic rings. The standard InChI is InChI=1S/C11H16N2O2/c1-8-7-12-10-4-3-9(11(14)15-2)5-6-13(8)10/h7,9H,3-6H2,1-2H3/t9-/m1/s1. The van der Waals surface area contributed by atoms with Gasteiger partial charge < -0.3 is 9.30 Å². The van der Waals surface area contributed by atoms with Crippen LogP contribution in [0, 0.1) is 12.8 Å². The van der Waals surface area contributed by atoms with E-state index in [2.05, 4.69) is 16.5 Å². The van der Waals surface area contributed by atoms with Crippen LogP contribution < -0.4 is 0 Å². The van der Waals surface area contributed by atoms with E-state index < -0.39 is 0 Å². The van der Waals surface area contributed by atoms with Crippen LogP contribution >= 0.6 is 0 Å². The van der Waals surface area contributed by atoms with Crippen molar-refractivity contribution >= 4 is 5.97 Å². The van der Waals surface area contributed by atoms with Crippen molar-refractivity contribution < 1.29 is 9.53 Å². The smallest absolute Gasteiger partial charge is 0.308 e. The number of aromatic nitrogens is 2. The lowest BCUT2D eigenvalue weighted by Crippen LogP contribution is -2.16. The SMILES string of the molecule is COC(=O)[C@@H]1CCc2ncc(C)n2CC1. The zero-order chi connectivity index (χ0) is 10.8. The van der Waals surface area contributed by atoms with E-state index in [1.807, 2.05) is 6.20 Å². The number of fused-ring (bicyclic) bond motifs is 1. The monoisotopic (exact) mass is 208 g/mol. The number of esters is 1. The molecular weight excluding hydrogens is 192 g/mol.